The molecule has 0 radical (unpaired) electrons. The van der Waals surface area contributed by atoms with E-state index in [2.05, 4.69) is 4.98 Å². The van der Waals surface area contributed by atoms with Crippen molar-refractivity contribution >= 4 is 5.91 Å². The van der Waals surface area contributed by atoms with Gasteiger partial charge in [0.15, 0.2) is 0 Å². The predicted molar refractivity (Wildman–Crippen MR) is 75.2 cm³/mol. The summed E-state index contributed by atoms with van der Waals surface area (Å²) in [7, 11) is 1.63. The van der Waals surface area contributed by atoms with Crippen molar-refractivity contribution in [2.75, 3.05) is 7.11 Å². The number of carbonyl (C=O) groups excluding carboxylic acids is 1. The Morgan fingerprint density at radius 3 is 2.75 bits per heavy atom. The second kappa shape index (κ2) is 5.33. The lowest BCUT2D eigenvalue weighted by atomic mass is 10.1. The lowest BCUT2D eigenvalue weighted by molar-refractivity contribution is -0.131. The summed E-state index contributed by atoms with van der Waals surface area (Å²) in [6.45, 7) is 1.28. The van der Waals surface area contributed by atoms with Gasteiger partial charge in [0.05, 0.1) is 25.8 Å². The number of rotatable bonds is 3. The fourth-order valence-corrected chi connectivity index (χ4v) is 2.41. The third-order valence-electron chi connectivity index (χ3n) is 3.55. The van der Waals surface area contributed by atoms with Gasteiger partial charge in [-0.15, -0.1) is 0 Å². The number of benzene rings is 1. The van der Waals surface area contributed by atoms with Crippen LogP contribution in [0.5, 0.6) is 5.75 Å². The number of hydrogen-bond donors (Lipinski definition) is 0. The molecule has 1 amide bonds. The zero-order chi connectivity index (χ0) is 13.9. The van der Waals surface area contributed by atoms with Crippen LogP contribution in [0.4, 0.5) is 0 Å². The van der Waals surface area contributed by atoms with Crippen LogP contribution >= 0.6 is 0 Å². The van der Waals surface area contributed by atoms with Gasteiger partial charge in [-0.3, -0.25) is 9.78 Å². The monoisotopic (exact) mass is 268 g/mol. The van der Waals surface area contributed by atoms with Gasteiger partial charge in [-0.05, 0) is 29.3 Å². The van der Waals surface area contributed by atoms with Gasteiger partial charge in [-0.25, -0.2) is 0 Å². The number of hydrogen-bond acceptors (Lipinski definition) is 3. The first kappa shape index (κ1) is 12.7. The van der Waals surface area contributed by atoms with Crippen molar-refractivity contribution in [3.05, 3.63) is 59.4 Å². The molecule has 0 unspecified atom stereocenters. The molecule has 0 saturated heterocycles. The van der Waals surface area contributed by atoms with E-state index in [0.717, 1.165) is 22.6 Å². The van der Waals surface area contributed by atoms with Gasteiger partial charge < -0.3 is 9.64 Å². The van der Waals surface area contributed by atoms with E-state index in [1.807, 2.05) is 41.3 Å². The Morgan fingerprint density at radius 1 is 1.25 bits per heavy atom. The molecule has 1 aromatic carbocycles. The van der Waals surface area contributed by atoms with Crippen LogP contribution in [0, 0.1) is 0 Å². The Labute approximate surface area is 118 Å². The molecule has 20 heavy (non-hydrogen) atoms. The van der Waals surface area contributed by atoms with Crippen molar-refractivity contribution in [1.82, 2.24) is 9.88 Å². The number of aromatic nitrogens is 1. The summed E-state index contributed by atoms with van der Waals surface area (Å²) in [5.41, 5.74) is 3.16. The smallest absolute Gasteiger partial charge is 0.227 e. The number of amides is 1. The number of methoxy groups -OCH3 is 1. The maximum Gasteiger partial charge on any atom is 0.227 e. The van der Waals surface area contributed by atoms with Crippen molar-refractivity contribution in [2.24, 2.45) is 0 Å². The number of carbonyl (C=O) groups is 1. The third kappa shape index (κ3) is 2.50. The van der Waals surface area contributed by atoms with Crippen LogP contribution in [0.2, 0.25) is 0 Å². The minimum Gasteiger partial charge on any atom is -0.497 e. The minimum atomic E-state index is 0.133. The zero-order valence-corrected chi connectivity index (χ0v) is 11.4. The summed E-state index contributed by atoms with van der Waals surface area (Å²) in [5.74, 6) is 0.937. The highest BCUT2D eigenvalue weighted by Gasteiger charge is 2.23. The molecule has 0 spiro atoms. The number of pyridine rings is 1. The second-order valence-corrected chi connectivity index (χ2v) is 4.88. The van der Waals surface area contributed by atoms with Gasteiger partial charge in [0.25, 0.3) is 0 Å². The van der Waals surface area contributed by atoms with E-state index >= 15 is 0 Å². The highest BCUT2D eigenvalue weighted by Crippen LogP contribution is 2.21. The Morgan fingerprint density at radius 2 is 2.05 bits per heavy atom. The van der Waals surface area contributed by atoms with Crippen LogP contribution in [-0.4, -0.2) is 22.9 Å². The Bertz CT molecular complexity index is 598. The van der Waals surface area contributed by atoms with Gasteiger partial charge in [0.1, 0.15) is 5.75 Å². The SMILES string of the molecule is COc1ccc(CC(=O)N2Cc3cccnc3C2)cc1. The molecule has 1 aliphatic heterocycles. The fraction of sp³-hybridized carbons (Fsp3) is 0.250. The molecule has 3 rings (SSSR count). The zero-order valence-electron chi connectivity index (χ0n) is 11.4. The minimum absolute atomic E-state index is 0.133. The summed E-state index contributed by atoms with van der Waals surface area (Å²) in [6, 6.07) is 11.6. The molecule has 0 bridgehead atoms. The molecular formula is C16H16N2O2. The molecule has 0 N–H and O–H groups in total. The van der Waals surface area contributed by atoms with Crippen molar-refractivity contribution in [3.8, 4) is 5.75 Å². The summed E-state index contributed by atoms with van der Waals surface area (Å²) in [5, 5.41) is 0. The Balaban J connectivity index is 1.66. The van der Waals surface area contributed by atoms with Crippen LogP contribution in [-0.2, 0) is 24.3 Å². The maximum absolute atomic E-state index is 12.3. The number of fused-ring (bicyclic) bond motifs is 1. The molecule has 0 fully saturated rings. The highest BCUT2D eigenvalue weighted by molar-refractivity contribution is 5.79. The molecule has 0 atom stereocenters. The molecule has 4 nitrogen and oxygen atoms in total. The van der Waals surface area contributed by atoms with E-state index < -0.39 is 0 Å². The third-order valence-corrected chi connectivity index (χ3v) is 3.55. The summed E-state index contributed by atoms with van der Waals surface area (Å²) >= 11 is 0. The Kier molecular flexibility index (Phi) is 3.37. The van der Waals surface area contributed by atoms with Crippen molar-refractivity contribution in [2.45, 2.75) is 19.5 Å². The van der Waals surface area contributed by atoms with E-state index in [9.17, 15) is 4.79 Å². The first-order valence-corrected chi connectivity index (χ1v) is 6.60. The molecule has 1 aliphatic rings. The van der Waals surface area contributed by atoms with Gasteiger partial charge in [-0.2, -0.15) is 0 Å². The summed E-state index contributed by atoms with van der Waals surface area (Å²) in [4.78, 5) is 18.5. The normalized spacial score (nSPS) is 13.2. The van der Waals surface area contributed by atoms with Crippen LogP contribution in [0.25, 0.3) is 0 Å². The molecule has 4 heteroatoms. The average molecular weight is 268 g/mol. The van der Waals surface area contributed by atoms with E-state index in [1.54, 1.807) is 13.3 Å². The topological polar surface area (TPSA) is 42.4 Å². The van der Waals surface area contributed by atoms with E-state index in [0.29, 0.717) is 19.5 Å². The van der Waals surface area contributed by atoms with Crippen LogP contribution < -0.4 is 4.74 Å². The molecule has 0 saturated carbocycles. The summed E-state index contributed by atoms with van der Waals surface area (Å²) in [6.07, 6.45) is 2.19. The van der Waals surface area contributed by atoms with Crippen molar-refractivity contribution in [1.29, 1.82) is 0 Å². The van der Waals surface area contributed by atoms with E-state index in [-0.39, 0.29) is 5.91 Å². The van der Waals surface area contributed by atoms with E-state index in [4.69, 9.17) is 4.74 Å². The number of nitrogens with zero attached hydrogens (tertiary/aromatic N) is 2. The van der Waals surface area contributed by atoms with E-state index in [1.165, 1.54) is 0 Å². The predicted octanol–water partition coefficient (Wildman–Crippen LogP) is 2.18. The van der Waals surface area contributed by atoms with Crippen LogP contribution in [0.3, 0.4) is 0 Å². The Hall–Kier alpha value is -2.36. The standard InChI is InChI=1S/C16H16N2O2/c1-20-14-6-4-12(5-7-14)9-16(19)18-10-13-3-2-8-17-15(13)11-18/h2-8H,9-11H2,1H3. The van der Waals surface area contributed by atoms with Crippen molar-refractivity contribution in [3.63, 3.8) is 0 Å². The first-order valence-electron chi connectivity index (χ1n) is 6.60. The molecule has 2 aromatic rings. The summed E-state index contributed by atoms with van der Waals surface area (Å²) < 4.78 is 5.11. The molecule has 2 heterocycles. The van der Waals surface area contributed by atoms with Crippen LogP contribution in [0.1, 0.15) is 16.8 Å². The lowest BCUT2D eigenvalue weighted by Crippen LogP contribution is -2.26. The van der Waals surface area contributed by atoms with Crippen LogP contribution in [0.15, 0.2) is 42.6 Å². The molecular weight excluding hydrogens is 252 g/mol. The molecule has 102 valence electrons. The van der Waals surface area contributed by atoms with Gasteiger partial charge in [0, 0.05) is 12.7 Å². The molecule has 1 aromatic heterocycles. The van der Waals surface area contributed by atoms with Gasteiger partial charge >= 0.3 is 0 Å². The lowest BCUT2D eigenvalue weighted by Gasteiger charge is -2.15. The average Bonchev–Trinajstić information content (AvgIpc) is 2.92. The molecule has 0 aliphatic carbocycles. The van der Waals surface area contributed by atoms with Gasteiger partial charge in [-0.1, -0.05) is 18.2 Å². The van der Waals surface area contributed by atoms with Crippen molar-refractivity contribution < 1.29 is 9.53 Å². The quantitative estimate of drug-likeness (QED) is 0.857. The first-order chi connectivity index (χ1) is 9.76. The fourth-order valence-electron chi connectivity index (χ4n) is 2.41. The highest BCUT2D eigenvalue weighted by atomic mass is 16.5. The number of ether oxygens (including phenoxy) is 1. The van der Waals surface area contributed by atoms with Gasteiger partial charge in [0.2, 0.25) is 5.91 Å². The second-order valence-electron chi connectivity index (χ2n) is 4.88. The maximum atomic E-state index is 12.3. The largest absolute Gasteiger partial charge is 0.497 e.